The van der Waals surface area contributed by atoms with Crippen LogP contribution in [0.1, 0.15) is 16.7 Å². The molecule has 0 saturated heterocycles. The minimum Gasteiger partial charge on any atom is -0.593 e. The van der Waals surface area contributed by atoms with E-state index in [1.165, 1.54) is 12.1 Å². The van der Waals surface area contributed by atoms with Gasteiger partial charge in [0, 0.05) is 5.56 Å². The van der Waals surface area contributed by atoms with Crippen LogP contribution in [0.5, 0.6) is 0 Å². The van der Waals surface area contributed by atoms with Crippen molar-refractivity contribution in [3.63, 3.8) is 0 Å². The van der Waals surface area contributed by atoms with Gasteiger partial charge < -0.3 is 15.4 Å². The summed E-state index contributed by atoms with van der Waals surface area (Å²) in [5.74, 6) is 5.85. The van der Waals surface area contributed by atoms with Gasteiger partial charge in [0.15, 0.2) is 10.7 Å². The Bertz CT molecular complexity index is 785. The first-order chi connectivity index (χ1) is 13.2. The van der Waals surface area contributed by atoms with Crippen LogP contribution in [0, 0.1) is 0 Å². The molecule has 0 spiro atoms. The van der Waals surface area contributed by atoms with Crippen LogP contribution in [0.3, 0.4) is 0 Å². The predicted molar refractivity (Wildman–Crippen MR) is 99.8 cm³/mol. The molecule has 28 heavy (non-hydrogen) atoms. The van der Waals surface area contributed by atoms with Crippen molar-refractivity contribution in [3.05, 3.63) is 65.2 Å². The van der Waals surface area contributed by atoms with E-state index >= 15 is 0 Å². The standard InChI is InChI=1S/C17H20F3N5O2S/c18-17(19,20)14-5-1-12(2-6-14)11-25(22)24-16(21)13-3-7-15(8-4-13)28(27)23-9-10-26/h1-8,23,26H,9-11,22H2,(H2,21,24). The highest BCUT2D eigenvalue weighted by Crippen LogP contribution is 2.29. The molecule has 1 atom stereocenters. The summed E-state index contributed by atoms with van der Waals surface area (Å²) in [6.07, 6.45) is -4.40. The molecule has 0 saturated carbocycles. The Kier molecular flexibility index (Phi) is 7.66. The number of hydrazone groups is 1. The number of hydrazine groups is 1. The predicted octanol–water partition coefficient (Wildman–Crippen LogP) is 1.31. The highest BCUT2D eigenvalue weighted by atomic mass is 32.2. The lowest BCUT2D eigenvalue weighted by molar-refractivity contribution is -0.137. The van der Waals surface area contributed by atoms with E-state index in [1.54, 1.807) is 24.3 Å². The van der Waals surface area contributed by atoms with E-state index in [1.807, 2.05) is 0 Å². The molecule has 0 bridgehead atoms. The third-order valence-electron chi connectivity index (χ3n) is 3.57. The number of nitrogens with one attached hydrogen (secondary N) is 1. The topological polar surface area (TPSA) is 123 Å². The van der Waals surface area contributed by atoms with E-state index in [9.17, 15) is 17.7 Å². The summed E-state index contributed by atoms with van der Waals surface area (Å²) in [5.41, 5.74) is 6.22. The van der Waals surface area contributed by atoms with E-state index in [-0.39, 0.29) is 25.5 Å². The van der Waals surface area contributed by atoms with Crippen LogP contribution in [0.2, 0.25) is 0 Å². The Labute approximate surface area is 163 Å². The van der Waals surface area contributed by atoms with E-state index in [0.717, 1.165) is 17.3 Å². The number of alkyl halides is 3. The van der Waals surface area contributed by atoms with Crippen molar-refractivity contribution in [1.29, 1.82) is 0 Å². The molecule has 7 nitrogen and oxygen atoms in total. The zero-order valence-electron chi connectivity index (χ0n) is 14.7. The minimum absolute atomic E-state index is 0.0615. The van der Waals surface area contributed by atoms with Crippen LogP contribution in [0.25, 0.3) is 0 Å². The fraction of sp³-hybridized carbons (Fsp3) is 0.235. The maximum absolute atomic E-state index is 12.6. The van der Waals surface area contributed by atoms with Crippen LogP contribution in [-0.4, -0.2) is 33.8 Å². The van der Waals surface area contributed by atoms with Crippen molar-refractivity contribution in [2.75, 3.05) is 13.2 Å². The lowest BCUT2D eigenvalue weighted by Gasteiger charge is -2.15. The zero-order valence-corrected chi connectivity index (χ0v) is 15.5. The van der Waals surface area contributed by atoms with E-state index in [2.05, 4.69) is 9.82 Å². The molecular weight excluding hydrogens is 395 g/mol. The second kappa shape index (κ2) is 9.75. The number of hydrogen-bond acceptors (Lipinski definition) is 6. The smallest absolute Gasteiger partial charge is 0.416 e. The molecule has 2 aromatic carbocycles. The fourth-order valence-corrected chi connectivity index (χ4v) is 3.02. The summed E-state index contributed by atoms with van der Waals surface area (Å²) in [7, 11) is 0. The first kappa shape index (κ1) is 22.0. The van der Waals surface area contributed by atoms with Crippen molar-refractivity contribution < 1.29 is 22.8 Å². The van der Waals surface area contributed by atoms with Gasteiger partial charge >= 0.3 is 6.18 Å². The van der Waals surface area contributed by atoms with Crippen LogP contribution >= 0.6 is 0 Å². The minimum atomic E-state index is -4.40. The summed E-state index contributed by atoms with van der Waals surface area (Å²) < 4.78 is 52.2. The van der Waals surface area contributed by atoms with Gasteiger partial charge in [-0.3, -0.25) is 0 Å². The summed E-state index contributed by atoms with van der Waals surface area (Å²) in [5, 5.41) is 13.7. The van der Waals surface area contributed by atoms with Crippen molar-refractivity contribution in [2.24, 2.45) is 16.7 Å². The summed E-state index contributed by atoms with van der Waals surface area (Å²) in [4.78, 5) is 0.499. The summed E-state index contributed by atoms with van der Waals surface area (Å²) >= 11 is -1.46. The zero-order chi connectivity index (χ0) is 20.7. The number of hydrogen-bond donors (Lipinski definition) is 4. The summed E-state index contributed by atoms with van der Waals surface area (Å²) in [6, 6.07) is 11.0. The fourth-order valence-electron chi connectivity index (χ4n) is 2.19. The van der Waals surface area contributed by atoms with Gasteiger partial charge in [0.05, 0.1) is 36.6 Å². The Morgan fingerprint density at radius 1 is 1.14 bits per heavy atom. The maximum atomic E-state index is 12.6. The van der Waals surface area contributed by atoms with Crippen molar-refractivity contribution in [2.45, 2.75) is 17.6 Å². The molecular formula is C17H20F3N5O2S. The van der Waals surface area contributed by atoms with Gasteiger partial charge in [-0.05, 0) is 42.0 Å². The van der Waals surface area contributed by atoms with E-state index in [0.29, 0.717) is 16.0 Å². The molecule has 2 aromatic rings. The molecule has 152 valence electrons. The number of aliphatic hydroxyl groups excluding tert-OH is 1. The third kappa shape index (κ3) is 6.39. The molecule has 0 aromatic heterocycles. The number of amidine groups is 1. The second-order valence-electron chi connectivity index (χ2n) is 5.69. The maximum Gasteiger partial charge on any atom is 0.416 e. The van der Waals surface area contributed by atoms with Gasteiger partial charge in [-0.25, -0.2) is 11.0 Å². The molecule has 0 radical (unpaired) electrons. The Morgan fingerprint density at radius 3 is 2.29 bits per heavy atom. The number of benzene rings is 2. The molecule has 0 aliphatic carbocycles. The van der Waals surface area contributed by atoms with Gasteiger partial charge in [-0.15, -0.1) is 9.82 Å². The largest absolute Gasteiger partial charge is 0.593 e. The van der Waals surface area contributed by atoms with Crippen LogP contribution < -0.4 is 16.3 Å². The first-order valence-electron chi connectivity index (χ1n) is 8.09. The van der Waals surface area contributed by atoms with Crippen molar-refractivity contribution in [1.82, 2.24) is 9.84 Å². The number of rotatable bonds is 8. The average Bonchev–Trinajstić information content (AvgIpc) is 2.65. The van der Waals surface area contributed by atoms with Gasteiger partial charge in [-0.1, -0.05) is 12.1 Å². The Balaban J connectivity index is 2.00. The van der Waals surface area contributed by atoms with E-state index < -0.39 is 23.1 Å². The number of halogens is 3. The van der Waals surface area contributed by atoms with Crippen molar-refractivity contribution in [3.8, 4) is 0 Å². The molecule has 0 fully saturated rings. The molecule has 0 aliphatic heterocycles. The molecule has 1 unspecified atom stereocenters. The highest BCUT2D eigenvalue weighted by molar-refractivity contribution is 7.89. The van der Waals surface area contributed by atoms with Gasteiger partial charge in [0.2, 0.25) is 0 Å². The molecule has 6 N–H and O–H groups in total. The molecule has 0 aliphatic rings. The SMILES string of the molecule is N/C(=N\N(N)Cc1ccc(C(F)(F)F)cc1)c1ccc([S+]([O-])NCCO)cc1. The van der Waals surface area contributed by atoms with Gasteiger partial charge in [-0.2, -0.15) is 13.2 Å². The van der Waals surface area contributed by atoms with Gasteiger partial charge in [0.1, 0.15) is 0 Å². The highest BCUT2D eigenvalue weighted by Gasteiger charge is 2.29. The monoisotopic (exact) mass is 415 g/mol. The molecule has 11 heteroatoms. The van der Waals surface area contributed by atoms with Crippen LogP contribution in [0.4, 0.5) is 13.2 Å². The number of nitrogens with two attached hydrogens (primary N) is 2. The second-order valence-corrected chi connectivity index (χ2v) is 6.99. The quantitative estimate of drug-likeness (QED) is 0.169. The molecule has 0 amide bonds. The van der Waals surface area contributed by atoms with Crippen LogP contribution in [-0.2, 0) is 24.1 Å². The lowest BCUT2D eigenvalue weighted by Crippen LogP contribution is -2.29. The average molecular weight is 415 g/mol. The number of aliphatic hydroxyl groups is 1. The van der Waals surface area contributed by atoms with E-state index in [4.69, 9.17) is 16.7 Å². The first-order valence-corrected chi connectivity index (χ1v) is 9.24. The normalized spacial score (nSPS) is 13.4. The lowest BCUT2D eigenvalue weighted by atomic mass is 10.1. The molecule has 0 heterocycles. The third-order valence-corrected chi connectivity index (χ3v) is 4.74. The summed E-state index contributed by atoms with van der Waals surface area (Å²) in [6.45, 7) is 0.130. The van der Waals surface area contributed by atoms with Gasteiger partial charge in [0.25, 0.3) is 0 Å². The van der Waals surface area contributed by atoms with Crippen molar-refractivity contribution >= 4 is 17.2 Å². The molecule has 2 rings (SSSR count). The Morgan fingerprint density at radius 2 is 1.75 bits per heavy atom. The van der Waals surface area contributed by atoms with Crippen LogP contribution in [0.15, 0.2) is 58.5 Å². The Hall–Kier alpha value is -2.31. The number of nitrogens with zero attached hydrogens (tertiary/aromatic N) is 2.